The van der Waals surface area contributed by atoms with Gasteiger partial charge in [-0.15, -0.1) is 0 Å². The SMILES string of the molecule is C[C@H](CCc1ccccc1)NC(=O)[C@H](C)[NH+]1CCN(C(=O)c2ccccc2)CC1. The molecule has 29 heavy (non-hydrogen) atoms. The maximum atomic E-state index is 12.7. The number of rotatable bonds is 7. The van der Waals surface area contributed by atoms with Crippen molar-refractivity contribution >= 4 is 11.8 Å². The zero-order chi connectivity index (χ0) is 20.6. The molecule has 1 saturated heterocycles. The second kappa shape index (κ2) is 10.2. The van der Waals surface area contributed by atoms with Gasteiger partial charge in [0.05, 0.1) is 26.2 Å². The number of hydrogen-bond donors (Lipinski definition) is 2. The maximum Gasteiger partial charge on any atom is 0.278 e. The van der Waals surface area contributed by atoms with Crippen LogP contribution in [0.3, 0.4) is 0 Å². The molecule has 0 unspecified atom stereocenters. The van der Waals surface area contributed by atoms with Gasteiger partial charge in [-0.2, -0.15) is 0 Å². The van der Waals surface area contributed by atoms with Crippen LogP contribution in [-0.2, 0) is 11.2 Å². The second-order valence-electron chi connectivity index (χ2n) is 7.97. The van der Waals surface area contributed by atoms with Crippen LogP contribution in [0.25, 0.3) is 0 Å². The standard InChI is InChI=1S/C24H31N3O2/c1-19(13-14-21-9-5-3-6-10-21)25-23(28)20(2)26-15-17-27(18-16-26)24(29)22-11-7-4-8-12-22/h3-12,19-20H,13-18H2,1-2H3,(H,25,28)/p+1/t19-,20+/m1/s1. The Morgan fingerprint density at radius 2 is 1.55 bits per heavy atom. The maximum absolute atomic E-state index is 12.7. The minimum absolute atomic E-state index is 0.0799. The average Bonchev–Trinajstić information content (AvgIpc) is 2.78. The predicted octanol–water partition coefficient (Wildman–Crippen LogP) is 1.55. The number of carbonyl (C=O) groups excluding carboxylic acids is 2. The van der Waals surface area contributed by atoms with Crippen molar-refractivity contribution in [3.05, 3.63) is 71.8 Å². The van der Waals surface area contributed by atoms with Gasteiger partial charge in [-0.05, 0) is 44.4 Å². The number of aryl methyl sites for hydroxylation is 1. The van der Waals surface area contributed by atoms with Gasteiger partial charge in [0.25, 0.3) is 11.8 Å². The minimum Gasteiger partial charge on any atom is -0.348 e. The summed E-state index contributed by atoms with van der Waals surface area (Å²) >= 11 is 0. The fraction of sp³-hybridized carbons (Fsp3) is 0.417. The molecule has 2 atom stereocenters. The Hall–Kier alpha value is -2.66. The van der Waals surface area contributed by atoms with E-state index in [0.717, 1.165) is 31.5 Å². The average molecular weight is 395 g/mol. The van der Waals surface area contributed by atoms with Gasteiger partial charge in [-0.25, -0.2) is 0 Å². The first-order valence-corrected chi connectivity index (χ1v) is 10.6. The van der Waals surface area contributed by atoms with Gasteiger partial charge in [0.1, 0.15) is 0 Å². The summed E-state index contributed by atoms with van der Waals surface area (Å²) in [6.45, 7) is 7.02. The van der Waals surface area contributed by atoms with Crippen LogP contribution >= 0.6 is 0 Å². The van der Waals surface area contributed by atoms with E-state index in [4.69, 9.17) is 0 Å². The lowest BCUT2D eigenvalue weighted by Gasteiger charge is -2.35. The quantitative estimate of drug-likeness (QED) is 0.749. The van der Waals surface area contributed by atoms with Crippen molar-refractivity contribution < 1.29 is 14.5 Å². The van der Waals surface area contributed by atoms with Crippen LogP contribution in [0.2, 0.25) is 0 Å². The Labute approximate surface area is 173 Å². The van der Waals surface area contributed by atoms with E-state index in [2.05, 4.69) is 24.4 Å². The Balaban J connectivity index is 1.43. The largest absolute Gasteiger partial charge is 0.348 e. The number of hydrogen-bond acceptors (Lipinski definition) is 2. The van der Waals surface area contributed by atoms with Crippen LogP contribution in [0.4, 0.5) is 0 Å². The Morgan fingerprint density at radius 1 is 0.966 bits per heavy atom. The van der Waals surface area contributed by atoms with Gasteiger partial charge < -0.3 is 15.1 Å². The molecule has 0 saturated carbocycles. The van der Waals surface area contributed by atoms with E-state index in [0.29, 0.717) is 13.1 Å². The molecule has 0 spiro atoms. The first-order chi connectivity index (χ1) is 14.0. The number of carbonyl (C=O) groups is 2. The summed E-state index contributed by atoms with van der Waals surface area (Å²) in [5.41, 5.74) is 2.03. The molecule has 0 aromatic heterocycles. The third kappa shape index (κ3) is 5.91. The molecule has 0 aliphatic carbocycles. The van der Waals surface area contributed by atoms with Crippen molar-refractivity contribution in [1.82, 2.24) is 10.2 Å². The number of piperazine rings is 1. The van der Waals surface area contributed by atoms with Crippen LogP contribution in [0, 0.1) is 0 Å². The predicted molar refractivity (Wildman–Crippen MR) is 115 cm³/mol. The second-order valence-corrected chi connectivity index (χ2v) is 7.97. The topological polar surface area (TPSA) is 53.9 Å². The summed E-state index contributed by atoms with van der Waals surface area (Å²) in [5, 5.41) is 3.17. The molecular weight excluding hydrogens is 362 g/mol. The molecule has 0 bridgehead atoms. The molecule has 2 N–H and O–H groups in total. The molecule has 154 valence electrons. The third-order valence-electron chi connectivity index (χ3n) is 5.82. The van der Waals surface area contributed by atoms with Crippen LogP contribution < -0.4 is 10.2 Å². The van der Waals surface area contributed by atoms with Crippen molar-refractivity contribution in [2.45, 2.75) is 38.8 Å². The fourth-order valence-corrected chi connectivity index (χ4v) is 3.85. The Morgan fingerprint density at radius 3 is 2.17 bits per heavy atom. The lowest BCUT2D eigenvalue weighted by molar-refractivity contribution is -0.917. The highest BCUT2D eigenvalue weighted by Crippen LogP contribution is 2.06. The molecule has 0 radical (unpaired) electrons. The zero-order valence-electron chi connectivity index (χ0n) is 17.4. The first kappa shape index (κ1) is 21.1. The zero-order valence-corrected chi connectivity index (χ0v) is 17.4. The summed E-state index contributed by atoms with van der Waals surface area (Å²) < 4.78 is 0. The lowest BCUT2D eigenvalue weighted by atomic mass is 10.1. The minimum atomic E-state index is -0.108. The summed E-state index contributed by atoms with van der Waals surface area (Å²) in [6.07, 6.45) is 1.89. The van der Waals surface area contributed by atoms with Crippen LogP contribution in [0.1, 0.15) is 36.2 Å². The molecule has 1 aliphatic heterocycles. The van der Waals surface area contributed by atoms with Gasteiger partial charge in [-0.1, -0.05) is 48.5 Å². The van der Waals surface area contributed by atoms with E-state index in [1.807, 2.05) is 60.4 Å². The van der Waals surface area contributed by atoms with Gasteiger partial charge in [0.2, 0.25) is 0 Å². The summed E-state index contributed by atoms with van der Waals surface area (Å²) in [5.74, 6) is 0.180. The Kier molecular flexibility index (Phi) is 7.42. The van der Waals surface area contributed by atoms with Crippen molar-refractivity contribution in [2.24, 2.45) is 0 Å². The van der Waals surface area contributed by atoms with Crippen molar-refractivity contribution in [2.75, 3.05) is 26.2 Å². The van der Waals surface area contributed by atoms with Gasteiger partial charge in [-0.3, -0.25) is 9.59 Å². The van der Waals surface area contributed by atoms with Crippen molar-refractivity contribution in [3.63, 3.8) is 0 Å². The molecule has 1 aliphatic rings. The van der Waals surface area contributed by atoms with E-state index in [1.54, 1.807) is 0 Å². The highest BCUT2D eigenvalue weighted by Gasteiger charge is 2.31. The van der Waals surface area contributed by atoms with Crippen LogP contribution in [-0.4, -0.2) is 55.0 Å². The fourth-order valence-electron chi connectivity index (χ4n) is 3.85. The van der Waals surface area contributed by atoms with Crippen LogP contribution in [0.15, 0.2) is 60.7 Å². The number of nitrogens with zero attached hydrogens (tertiary/aromatic N) is 1. The van der Waals surface area contributed by atoms with E-state index < -0.39 is 0 Å². The van der Waals surface area contributed by atoms with E-state index >= 15 is 0 Å². The Bertz CT molecular complexity index is 786. The molecule has 3 rings (SSSR count). The molecule has 2 amide bonds. The molecule has 1 fully saturated rings. The molecular formula is C24H32N3O2+. The summed E-state index contributed by atoms with van der Waals surface area (Å²) in [4.78, 5) is 28.4. The number of amides is 2. The number of benzene rings is 2. The first-order valence-electron chi connectivity index (χ1n) is 10.6. The monoisotopic (exact) mass is 394 g/mol. The highest BCUT2D eigenvalue weighted by molar-refractivity contribution is 5.94. The van der Waals surface area contributed by atoms with E-state index in [1.165, 1.54) is 10.5 Å². The smallest absolute Gasteiger partial charge is 0.278 e. The number of quaternary nitrogens is 1. The van der Waals surface area contributed by atoms with Gasteiger partial charge >= 0.3 is 0 Å². The molecule has 5 heteroatoms. The van der Waals surface area contributed by atoms with E-state index in [9.17, 15) is 9.59 Å². The van der Waals surface area contributed by atoms with Gasteiger partial charge in [0.15, 0.2) is 6.04 Å². The summed E-state index contributed by atoms with van der Waals surface area (Å²) in [7, 11) is 0. The molecule has 2 aromatic carbocycles. The third-order valence-corrected chi connectivity index (χ3v) is 5.82. The van der Waals surface area contributed by atoms with Crippen molar-refractivity contribution in [1.29, 1.82) is 0 Å². The molecule has 1 heterocycles. The molecule has 2 aromatic rings. The molecule has 5 nitrogen and oxygen atoms in total. The highest BCUT2D eigenvalue weighted by atomic mass is 16.2. The summed E-state index contributed by atoms with van der Waals surface area (Å²) in [6, 6.07) is 19.8. The lowest BCUT2D eigenvalue weighted by Crippen LogP contribution is -3.19. The van der Waals surface area contributed by atoms with Gasteiger partial charge in [0, 0.05) is 11.6 Å². The normalized spacial score (nSPS) is 16.8. The number of nitrogens with one attached hydrogen (secondary N) is 2. The van der Waals surface area contributed by atoms with E-state index in [-0.39, 0.29) is 23.9 Å². The van der Waals surface area contributed by atoms with Crippen molar-refractivity contribution in [3.8, 4) is 0 Å². The van der Waals surface area contributed by atoms with Crippen LogP contribution in [0.5, 0.6) is 0 Å².